The van der Waals surface area contributed by atoms with E-state index in [1.165, 1.54) is 103 Å². The van der Waals surface area contributed by atoms with Crippen molar-refractivity contribution in [2.24, 2.45) is 0 Å². The molecule has 168 valence electrons. The van der Waals surface area contributed by atoms with Gasteiger partial charge in [-0.05, 0) is 32.4 Å². The molecule has 0 aromatic heterocycles. The van der Waals surface area contributed by atoms with Crippen molar-refractivity contribution >= 4 is 5.97 Å². The molecule has 3 nitrogen and oxygen atoms in total. The Labute approximate surface area is 177 Å². The Hall–Kier alpha value is -0.570. The predicted molar refractivity (Wildman–Crippen MR) is 123 cm³/mol. The van der Waals surface area contributed by atoms with E-state index < -0.39 is 0 Å². The number of esters is 1. The Morgan fingerprint density at radius 3 is 1.43 bits per heavy atom. The van der Waals surface area contributed by atoms with Crippen LogP contribution < -0.4 is 0 Å². The van der Waals surface area contributed by atoms with Crippen molar-refractivity contribution in [1.82, 2.24) is 4.90 Å². The van der Waals surface area contributed by atoms with Gasteiger partial charge in [0.15, 0.2) is 0 Å². The van der Waals surface area contributed by atoms with Gasteiger partial charge in [0.05, 0.1) is 13.2 Å². The topological polar surface area (TPSA) is 29.5 Å². The van der Waals surface area contributed by atoms with E-state index in [0.717, 1.165) is 19.5 Å². The Kier molecular flexibility index (Phi) is 22.3. The molecule has 3 heteroatoms. The Balaban J connectivity index is 3.91. The average Bonchev–Trinajstić information content (AvgIpc) is 2.69. The van der Waals surface area contributed by atoms with Crippen molar-refractivity contribution in [3.05, 3.63) is 0 Å². The molecule has 28 heavy (non-hydrogen) atoms. The Morgan fingerprint density at radius 1 is 0.571 bits per heavy atom. The van der Waals surface area contributed by atoms with Gasteiger partial charge in [-0.15, -0.1) is 0 Å². The van der Waals surface area contributed by atoms with Crippen molar-refractivity contribution in [2.75, 3.05) is 26.2 Å². The Bertz CT molecular complexity index is 306. The van der Waals surface area contributed by atoms with Crippen molar-refractivity contribution in [3.8, 4) is 0 Å². The minimum absolute atomic E-state index is 0.0203. The summed E-state index contributed by atoms with van der Waals surface area (Å²) < 4.78 is 5.51. The van der Waals surface area contributed by atoms with Crippen LogP contribution in [0.25, 0.3) is 0 Å². The zero-order valence-electron chi connectivity index (χ0n) is 19.6. The summed E-state index contributed by atoms with van der Waals surface area (Å²) in [5.41, 5.74) is 0. The van der Waals surface area contributed by atoms with Crippen LogP contribution in [0.4, 0.5) is 0 Å². The fourth-order valence-electron chi connectivity index (χ4n) is 3.62. The van der Waals surface area contributed by atoms with E-state index in [0.29, 0.717) is 13.2 Å². The van der Waals surface area contributed by atoms with Crippen molar-refractivity contribution in [2.45, 2.75) is 130 Å². The summed E-state index contributed by atoms with van der Waals surface area (Å²) in [4.78, 5) is 14.6. The highest BCUT2D eigenvalue weighted by Crippen LogP contribution is 2.09. The summed E-state index contributed by atoms with van der Waals surface area (Å²) >= 11 is 0. The first-order valence-electron chi connectivity index (χ1n) is 12.6. The lowest BCUT2D eigenvalue weighted by molar-refractivity contribution is -0.145. The van der Waals surface area contributed by atoms with E-state index in [1.807, 2.05) is 0 Å². The normalized spacial score (nSPS) is 11.3. The van der Waals surface area contributed by atoms with Crippen molar-refractivity contribution < 1.29 is 9.53 Å². The van der Waals surface area contributed by atoms with Crippen LogP contribution in [-0.4, -0.2) is 37.1 Å². The lowest BCUT2D eigenvalue weighted by atomic mass is 10.1. The first-order chi connectivity index (χ1) is 13.7. The van der Waals surface area contributed by atoms with Crippen LogP contribution >= 0.6 is 0 Å². The highest BCUT2D eigenvalue weighted by Gasteiger charge is 2.11. The molecule has 0 saturated carbocycles. The van der Waals surface area contributed by atoms with Gasteiger partial charge in [0.25, 0.3) is 0 Å². The van der Waals surface area contributed by atoms with Gasteiger partial charge in [-0.1, -0.05) is 111 Å². The zero-order valence-corrected chi connectivity index (χ0v) is 19.6. The molecule has 0 aromatic carbocycles. The van der Waals surface area contributed by atoms with Gasteiger partial charge in [-0.2, -0.15) is 0 Å². The van der Waals surface area contributed by atoms with Gasteiger partial charge in [-0.3, -0.25) is 9.69 Å². The van der Waals surface area contributed by atoms with Gasteiger partial charge >= 0.3 is 5.97 Å². The van der Waals surface area contributed by atoms with E-state index in [2.05, 4.69) is 25.7 Å². The lowest BCUT2D eigenvalue weighted by Gasteiger charge is -2.21. The van der Waals surface area contributed by atoms with Crippen LogP contribution in [0.2, 0.25) is 0 Å². The van der Waals surface area contributed by atoms with Crippen LogP contribution in [0.5, 0.6) is 0 Å². The fraction of sp³-hybridized carbons (Fsp3) is 0.960. The number of rotatable bonds is 22. The van der Waals surface area contributed by atoms with Gasteiger partial charge in [0.2, 0.25) is 0 Å². The molecule has 0 saturated heterocycles. The minimum atomic E-state index is -0.0203. The molecule has 0 aromatic rings. The van der Waals surface area contributed by atoms with E-state index in [4.69, 9.17) is 4.74 Å². The minimum Gasteiger partial charge on any atom is -0.465 e. The second-order valence-electron chi connectivity index (χ2n) is 8.45. The van der Waals surface area contributed by atoms with Crippen LogP contribution in [0.15, 0.2) is 0 Å². The number of ether oxygens (including phenoxy) is 1. The quantitative estimate of drug-likeness (QED) is 0.140. The van der Waals surface area contributed by atoms with Gasteiger partial charge < -0.3 is 4.74 Å². The predicted octanol–water partition coefficient (Wildman–Crippen LogP) is 7.52. The van der Waals surface area contributed by atoms with Gasteiger partial charge in [-0.25, -0.2) is 0 Å². The van der Waals surface area contributed by atoms with Crippen LogP contribution in [-0.2, 0) is 9.53 Å². The lowest BCUT2D eigenvalue weighted by Crippen LogP contribution is -2.33. The third-order valence-corrected chi connectivity index (χ3v) is 5.52. The molecule has 0 radical (unpaired) electrons. The third-order valence-electron chi connectivity index (χ3n) is 5.52. The van der Waals surface area contributed by atoms with Gasteiger partial charge in [0.1, 0.15) is 0 Å². The molecule has 0 aliphatic carbocycles. The standard InChI is InChI=1S/C25H51NO2/c1-4-7-10-13-14-17-20-23-28-25(27)24-26(21-18-15-11-8-5-2)22-19-16-12-9-6-3/h4-24H2,1-3H3. The number of carbonyl (C=O) groups is 1. The molecule has 0 amide bonds. The second-order valence-corrected chi connectivity index (χ2v) is 8.45. The van der Waals surface area contributed by atoms with E-state index in [9.17, 15) is 4.79 Å². The third kappa shape index (κ3) is 20.2. The number of carbonyl (C=O) groups excluding carboxylic acids is 1. The van der Waals surface area contributed by atoms with E-state index in [-0.39, 0.29) is 5.97 Å². The molecular formula is C25H51NO2. The summed E-state index contributed by atoms with van der Waals surface area (Å²) in [5, 5.41) is 0. The number of hydrogen-bond donors (Lipinski definition) is 0. The van der Waals surface area contributed by atoms with Crippen LogP contribution in [0, 0.1) is 0 Å². The van der Waals surface area contributed by atoms with Gasteiger partial charge in [0, 0.05) is 0 Å². The summed E-state index contributed by atoms with van der Waals surface area (Å²) in [6.07, 6.45) is 21.7. The SMILES string of the molecule is CCCCCCCCCOC(=O)CN(CCCCCCC)CCCCCCC. The molecule has 0 aliphatic heterocycles. The molecule has 0 atom stereocenters. The van der Waals surface area contributed by atoms with E-state index >= 15 is 0 Å². The molecular weight excluding hydrogens is 346 g/mol. The highest BCUT2D eigenvalue weighted by molar-refractivity contribution is 5.71. The highest BCUT2D eigenvalue weighted by atomic mass is 16.5. The smallest absolute Gasteiger partial charge is 0.320 e. The molecule has 0 spiro atoms. The Morgan fingerprint density at radius 2 is 0.964 bits per heavy atom. The first-order valence-corrected chi connectivity index (χ1v) is 12.6. The number of unbranched alkanes of at least 4 members (excludes halogenated alkanes) is 14. The molecule has 0 N–H and O–H groups in total. The summed E-state index contributed by atoms with van der Waals surface area (Å²) in [7, 11) is 0. The molecule has 0 bridgehead atoms. The van der Waals surface area contributed by atoms with E-state index in [1.54, 1.807) is 0 Å². The molecule has 0 rings (SSSR count). The monoisotopic (exact) mass is 397 g/mol. The molecule has 0 heterocycles. The first kappa shape index (κ1) is 27.4. The van der Waals surface area contributed by atoms with Crippen molar-refractivity contribution in [3.63, 3.8) is 0 Å². The maximum absolute atomic E-state index is 12.2. The molecule has 0 unspecified atom stereocenters. The summed E-state index contributed by atoms with van der Waals surface area (Å²) in [5.74, 6) is -0.0203. The second kappa shape index (κ2) is 22.7. The maximum atomic E-state index is 12.2. The molecule has 0 aliphatic rings. The van der Waals surface area contributed by atoms with Crippen LogP contribution in [0.1, 0.15) is 130 Å². The molecule has 0 fully saturated rings. The largest absolute Gasteiger partial charge is 0.465 e. The fourth-order valence-corrected chi connectivity index (χ4v) is 3.62. The van der Waals surface area contributed by atoms with Crippen LogP contribution in [0.3, 0.4) is 0 Å². The summed E-state index contributed by atoms with van der Waals surface area (Å²) in [6, 6.07) is 0. The average molecular weight is 398 g/mol. The zero-order chi connectivity index (χ0) is 20.7. The number of nitrogens with zero attached hydrogens (tertiary/aromatic N) is 1. The summed E-state index contributed by atoms with van der Waals surface area (Å²) in [6.45, 7) is 9.94. The maximum Gasteiger partial charge on any atom is 0.320 e. The van der Waals surface area contributed by atoms with Crippen molar-refractivity contribution in [1.29, 1.82) is 0 Å². The number of hydrogen-bond acceptors (Lipinski definition) is 3.